The second kappa shape index (κ2) is 8.82. The largest absolute Gasteiger partial charge is 0.466 e. The molecule has 1 saturated heterocycles. The molecule has 0 radical (unpaired) electrons. The summed E-state index contributed by atoms with van der Waals surface area (Å²) in [5.74, 6) is -0.0227. The SMILES string of the molecule is CCOC(=O)C1CCN(C(C)(C)CC(N)CO)CC1.Cl. The van der Waals surface area contributed by atoms with Crippen LogP contribution in [0.2, 0.25) is 0 Å². The number of nitrogens with two attached hydrogens (primary N) is 1. The van der Waals surface area contributed by atoms with Crippen LogP contribution < -0.4 is 5.73 Å². The lowest BCUT2D eigenvalue weighted by atomic mass is 9.88. The van der Waals surface area contributed by atoms with Gasteiger partial charge in [-0.2, -0.15) is 0 Å². The molecule has 0 aliphatic carbocycles. The highest BCUT2D eigenvalue weighted by atomic mass is 35.5. The molecule has 1 atom stereocenters. The highest BCUT2D eigenvalue weighted by molar-refractivity contribution is 5.85. The number of halogens is 1. The number of piperidine rings is 1. The maximum atomic E-state index is 11.7. The maximum absolute atomic E-state index is 11.7. The average Bonchev–Trinajstić information content (AvgIpc) is 2.38. The maximum Gasteiger partial charge on any atom is 0.309 e. The second-order valence-corrected chi connectivity index (χ2v) is 5.97. The molecule has 1 heterocycles. The Labute approximate surface area is 128 Å². The van der Waals surface area contributed by atoms with E-state index in [1.165, 1.54) is 0 Å². The molecule has 5 nitrogen and oxygen atoms in total. The molecule has 6 heteroatoms. The average molecular weight is 309 g/mol. The smallest absolute Gasteiger partial charge is 0.309 e. The van der Waals surface area contributed by atoms with E-state index in [2.05, 4.69) is 18.7 Å². The minimum absolute atomic E-state index is 0. The van der Waals surface area contributed by atoms with Crippen LogP contribution in [0.5, 0.6) is 0 Å². The first-order valence-corrected chi connectivity index (χ1v) is 7.18. The van der Waals surface area contributed by atoms with Crippen LogP contribution in [0.15, 0.2) is 0 Å². The summed E-state index contributed by atoms with van der Waals surface area (Å²) in [4.78, 5) is 14.0. The van der Waals surface area contributed by atoms with Crippen LogP contribution in [-0.4, -0.2) is 53.9 Å². The second-order valence-electron chi connectivity index (χ2n) is 5.97. The summed E-state index contributed by atoms with van der Waals surface area (Å²) in [7, 11) is 0. The molecule has 0 amide bonds. The number of carbonyl (C=O) groups excluding carboxylic acids is 1. The number of ether oxygens (including phenoxy) is 1. The molecule has 0 aromatic carbocycles. The lowest BCUT2D eigenvalue weighted by Gasteiger charge is -2.43. The van der Waals surface area contributed by atoms with Crippen LogP contribution in [0, 0.1) is 5.92 Å². The Hall–Kier alpha value is -0.360. The van der Waals surface area contributed by atoms with Gasteiger partial charge in [0, 0.05) is 11.6 Å². The molecule has 120 valence electrons. The van der Waals surface area contributed by atoms with Gasteiger partial charge in [-0.05, 0) is 53.1 Å². The van der Waals surface area contributed by atoms with Crippen molar-refractivity contribution in [3.63, 3.8) is 0 Å². The molecular weight excluding hydrogens is 280 g/mol. The Morgan fingerprint density at radius 1 is 1.45 bits per heavy atom. The van der Waals surface area contributed by atoms with E-state index < -0.39 is 0 Å². The fraction of sp³-hybridized carbons (Fsp3) is 0.929. The van der Waals surface area contributed by atoms with E-state index >= 15 is 0 Å². The number of esters is 1. The third-order valence-corrected chi connectivity index (χ3v) is 3.97. The number of aliphatic hydroxyl groups is 1. The zero-order valence-electron chi connectivity index (χ0n) is 12.8. The number of rotatable bonds is 6. The van der Waals surface area contributed by atoms with Gasteiger partial charge in [0.15, 0.2) is 0 Å². The zero-order chi connectivity index (χ0) is 14.5. The molecule has 3 N–H and O–H groups in total. The number of likely N-dealkylation sites (tertiary alicyclic amines) is 1. The van der Waals surface area contributed by atoms with Gasteiger partial charge in [0.25, 0.3) is 0 Å². The lowest BCUT2D eigenvalue weighted by molar-refractivity contribution is -0.150. The predicted octanol–water partition coefficient (Wildman–Crippen LogP) is 1.17. The van der Waals surface area contributed by atoms with Crippen LogP contribution in [0.25, 0.3) is 0 Å². The molecule has 1 rings (SSSR count). The monoisotopic (exact) mass is 308 g/mol. The van der Waals surface area contributed by atoms with E-state index in [-0.39, 0.29) is 42.5 Å². The summed E-state index contributed by atoms with van der Waals surface area (Å²) in [6.07, 6.45) is 2.45. The number of aliphatic hydroxyl groups excluding tert-OH is 1. The van der Waals surface area contributed by atoms with Crippen molar-refractivity contribution in [3.05, 3.63) is 0 Å². The fourth-order valence-electron chi connectivity index (χ4n) is 2.82. The lowest BCUT2D eigenvalue weighted by Crippen LogP contribution is -2.52. The molecular formula is C14H29ClN2O3. The molecule has 0 spiro atoms. The normalized spacial score (nSPS) is 19.2. The van der Waals surface area contributed by atoms with Crippen LogP contribution in [0.3, 0.4) is 0 Å². The van der Waals surface area contributed by atoms with E-state index in [4.69, 9.17) is 15.6 Å². The quantitative estimate of drug-likeness (QED) is 0.721. The summed E-state index contributed by atoms with van der Waals surface area (Å²) in [6, 6.07) is -0.183. The Morgan fingerprint density at radius 2 is 2.00 bits per heavy atom. The van der Waals surface area contributed by atoms with Crippen molar-refractivity contribution in [3.8, 4) is 0 Å². The Balaban J connectivity index is 0.00000361. The van der Waals surface area contributed by atoms with Crippen molar-refractivity contribution >= 4 is 18.4 Å². The third kappa shape index (κ3) is 5.56. The molecule has 1 fully saturated rings. The van der Waals surface area contributed by atoms with Crippen molar-refractivity contribution in [2.24, 2.45) is 11.7 Å². The van der Waals surface area contributed by atoms with Gasteiger partial charge in [0.1, 0.15) is 0 Å². The van der Waals surface area contributed by atoms with Crippen molar-refractivity contribution in [1.29, 1.82) is 0 Å². The standard InChI is InChI=1S/C14H28N2O3.ClH/c1-4-19-13(18)11-5-7-16(8-6-11)14(2,3)9-12(15)10-17;/h11-12,17H,4-10,15H2,1-3H3;1H. The summed E-state index contributed by atoms with van der Waals surface area (Å²) < 4.78 is 5.07. The first kappa shape index (κ1) is 19.6. The summed E-state index contributed by atoms with van der Waals surface area (Å²) in [5.41, 5.74) is 5.79. The van der Waals surface area contributed by atoms with Gasteiger partial charge in [0.05, 0.1) is 19.1 Å². The van der Waals surface area contributed by atoms with Gasteiger partial charge in [0.2, 0.25) is 0 Å². The van der Waals surface area contributed by atoms with Crippen LogP contribution in [0.4, 0.5) is 0 Å². The number of hydrogen-bond donors (Lipinski definition) is 2. The van der Waals surface area contributed by atoms with Crippen molar-refractivity contribution < 1.29 is 14.6 Å². The Bertz CT molecular complexity index is 292. The van der Waals surface area contributed by atoms with Gasteiger partial charge >= 0.3 is 5.97 Å². The topological polar surface area (TPSA) is 75.8 Å². The van der Waals surface area contributed by atoms with Crippen LogP contribution in [-0.2, 0) is 9.53 Å². The van der Waals surface area contributed by atoms with Crippen LogP contribution in [0.1, 0.15) is 40.0 Å². The van der Waals surface area contributed by atoms with E-state index in [1.807, 2.05) is 6.92 Å². The number of hydrogen-bond acceptors (Lipinski definition) is 5. The van der Waals surface area contributed by atoms with Crippen molar-refractivity contribution in [1.82, 2.24) is 4.90 Å². The molecule has 1 aliphatic rings. The van der Waals surface area contributed by atoms with E-state index in [0.29, 0.717) is 6.61 Å². The number of carbonyl (C=O) groups is 1. The van der Waals surface area contributed by atoms with Gasteiger partial charge in [-0.25, -0.2) is 0 Å². The fourth-order valence-corrected chi connectivity index (χ4v) is 2.82. The van der Waals surface area contributed by atoms with Gasteiger partial charge < -0.3 is 15.6 Å². The van der Waals surface area contributed by atoms with E-state index in [0.717, 1.165) is 32.4 Å². The van der Waals surface area contributed by atoms with Gasteiger partial charge in [-0.15, -0.1) is 12.4 Å². The molecule has 0 aromatic rings. The van der Waals surface area contributed by atoms with Crippen molar-refractivity contribution in [2.75, 3.05) is 26.3 Å². The summed E-state index contributed by atoms with van der Waals surface area (Å²) >= 11 is 0. The first-order chi connectivity index (χ1) is 8.90. The number of nitrogens with zero attached hydrogens (tertiary/aromatic N) is 1. The highest BCUT2D eigenvalue weighted by Gasteiger charge is 2.34. The van der Waals surface area contributed by atoms with Gasteiger partial charge in [-0.3, -0.25) is 9.69 Å². The Kier molecular flexibility index (Phi) is 8.66. The molecule has 0 bridgehead atoms. The molecule has 0 aromatic heterocycles. The zero-order valence-corrected chi connectivity index (χ0v) is 13.6. The minimum Gasteiger partial charge on any atom is -0.466 e. The molecule has 0 saturated carbocycles. The molecule has 1 unspecified atom stereocenters. The van der Waals surface area contributed by atoms with E-state index in [9.17, 15) is 4.79 Å². The van der Waals surface area contributed by atoms with Crippen molar-refractivity contribution in [2.45, 2.75) is 51.6 Å². The first-order valence-electron chi connectivity index (χ1n) is 7.18. The predicted molar refractivity (Wildman–Crippen MR) is 81.9 cm³/mol. The Morgan fingerprint density at radius 3 is 2.45 bits per heavy atom. The summed E-state index contributed by atoms with van der Waals surface area (Å²) in [5, 5.41) is 9.07. The third-order valence-electron chi connectivity index (χ3n) is 3.97. The highest BCUT2D eigenvalue weighted by Crippen LogP contribution is 2.27. The van der Waals surface area contributed by atoms with Gasteiger partial charge in [-0.1, -0.05) is 0 Å². The minimum atomic E-state index is -0.183. The van der Waals surface area contributed by atoms with E-state index in [1.54, 1.807) is 0 Å². The summed E-state index contributed by atoms with van der Waals surface area (Å²) in [6.45, 7) is 8.37. The molecule has 20 heavy (non-hydrogen) atoms. The van der Waals surface area contributed by atoms with Crippen LogP contribution >= 0.6 is 12.4 Å². The molecule has 1 aliphatic heterocycles.